The van der Waals surface area contributed by atoms with Gasteiger partial charge in [0.1, 0.15) is 5.82 Å². The number of hydrogen-bond donors (Lipinski definition) is 1. The van der Waals surface area contributed by atoms with E-state index in [0.29, 0.717) is 37.3 Å². The smallest absolute Gasteiger partial charge is 0.256 e. The zero-order chi connectivity index (χ0) is 20.8. The minimum atomic E-state index is -3.57. The van der Waals surface area contributed by atoms with Crippen LogP contribution in [0.25, 0.3) is 5.69 Å². The number of H-pyrrole nitrogens is 1. The predicted octanol–water partition coefficient (Wildman–Crippen LogP) is 1.36. The van der Waals surface area contributed by atoms with Gasteiger partial charge in [-0.15, -0.1) is 0 Å². The Morgan fingerprint density at radius 3 is 2.66 bits per heavy atom. The third-order valence-electron chi connectivity index (χ3n) is 4.96. The van der Waals surface area contributed by atoms with Crippen LogP contribution in [0.3, 0.4) is 0 Å². The van der Waals surface area contributed by atoms with E-state index in [0.717, 1.165) is 23.2 Å². The number of halogens is 1. The maximum absolute atomic E-state index is 13.1. The molecule has 3 heterocycles. The lowest BCUT2D eigenvalue weighted by atomic mass is 10.1. The molecule has 0 unspecified atom stereocenters. The molecule has 0 radical (unpaired) electrons. The molecule has 29 heavy (non-hydrogen) atoms. The number of aryl methyl sites for hydroxylation is 1. The average molecular weight is 417 g/mol. The van der Waals surface area contributed by atoms with Crippen LogP contribution in [-0.2, 0) is 29.3 Å². The van der Waals surface area contributed by atoms with E-state index in [1.54, 1.807) is 16.8 Å². The van der Waals surface area contributed by atoms with Gasteiger partial charge < -0.3 is 0 Å². The normalized spacial score (nSPS) is 14.7. The van der Waals surface area contributed by atoms with Crippen molar-refractivity contribution in [2.24, 2.45) is 0 Å². The van der Waals surface area contributed by atoms with Crippen molar-refractivity contribution >= 4 is 9.84 Å². The minimum Gasteiger partial charge on any atom is -0.297 e. The third kappa shape index (κ3) is 3.99. The fraction of sp³-hybridized carbons (Fsp3) is 0.316. The first-order valence-corrected chi connectivity index (χ1v) is 11.0. The highest BCUT2D eigenvalue weighted by Crippen LogP contribution is 2.20. The molecule has 10 heteroatoms. The van der Waals surface area contributed by atoms with Crippen LogP contribution >= 0.6 is 0 Å². The van der Waals surface area contributed by atoms with E-state index in [1.165, 1.54) is 12.1 Å². The Labute approximate surface area is 166 Å². The van der Waals surface area contributed by atoms with Gasteiger partial charge in [-0.05, 0) is 31.2 Å². The molecular weight excluding hydrogens is 397 g/mol. The van der Waals surface area contributed by atoms with Crippen LogP contribution in [0.5, 0.6) is 0 Å². The molecule has 3 aromatic rings. The number of fused-ring (bicyclic) bond motifs is 1. The number of benzene rings is 1. The van der Waals surface area contributed by atoms with Crippen molar-refractivity contribution in [3.05, 3.63) is 69.1 Å². The number of aromatic amines is 1. The van der Waals surface area contributed by atoms with Gasteiger partial charge in [-0.1, -0.05) is 0 Å². The second kappa shape index (κ2) is 7.20. The summed E-state index contributed by atoms with van der Waals surface area (Å²) in [7, 11) is -3.57. The maximum atomic E-state index is 13.1. The zero-order valence-electron chi connectivity index (χ0n) is 16.0. The van der Waals surface area contributed by atoms with Crippen molar-refractivity contribution in [3.8, 4) is 5.69 Å². The van der Waals surface area contributed by atoms with Gasteiger partial charge >= 0.3 is 0 Å². The van der Waals surface area contributed by atoms with Crippen molar-refractivity contribution in [2.75, 3.05) is 12.8 Å². The van der Waals surface area contributed by atoms with E-state index in [4.69, 9.17) is 0 Å². The van der Waals surface area contributed by atoms with E-state index in [2.05, 4.69) is 20.0 Å². The van der Waals surface area contributed by atoms with E-state index in [-0.39, 0.29) is 11.0 Å². The Balaban J connectivity index is 1.55. The average Bonchev–Trinajstić information content (AvgIpc) is 3.02. The van der Waals surface area contributed by atoms with Crippen molar-refractivity contribution in [1.82, 2.24) is 24.6 Å². The summed E-state index contributed by atoms with van der Waals surface area (Å²) in [6.45, 7) is 3.51. The van der Waals surface area contributed by atoms with Gasteiger partial charge in [0.15, 0.2) is 0 Å². The highest BCUT2D eigenvalue weighted by molar-refractivity contribution is 7.90. The number of aromatic nitrogens is 4. The molecular formula is C19H20FN5O3S. The molecule has 1 aromatic carbocycles. The third-order valence-corrected chi connectivity index (χ3v) is 5.86. The summed E-state index contributed by atoms with van der Waals surface area (Å²) in [6, 6.07) is 6.09. The summed E-state index contributed by atoms with van der Waals surface area (Å²) in [4.78, 5) is 21.0. The van der Waals surface area contributed by atoms with E-state index in [1.807, 2.05) is 13.1 Å². The summed E-state index contributed by atoms with van der Waals surface area (Å²) >= 11 is 0. The highest BCUT2D eigenvalue weighted by Gasteiger charge is 2.24. The van der Waals surface area contributed by atoms with Crippen LogP contribution in [0.15, 0.2) is 40.4 Å². The van der Waals surface area contributed by atoms with Crippen molar-refractivity contribution < 1.29 is 12.8 Å². The fourth-order valence-corrected chi connectivity index (χ4v) is 3.94. The number of hydrogen-bond acceptors (Lipinski definition) is 6. The Morgan fingerprint density at radius 1 is 1.24 bits per heavy atom. The van der Waals surface area contributed by atoms with E-state index < -0.39 is 15.4 Å². The first-order chi connectivity index (χ1) is 13.7. The van der Waals surface area contributed by atoms with Crippen LogP contribution in [0.4, 0.5) is 4.39 Å². The van der Waals surface area contributed by atoms with Gasteiger partial charge in [-0.3, -0.25) is 14.7 Å². The monoisotopic (exact) mass is 417 g/mol. The van der Waals surface area contributed by atoms with Crippen LogP contribution in [0.1, 0.15) is 22.5 Å². The largest absolute Gasteiger partial charge is 0.297 e. The Kier molecular flexibility index (Phi) is 4.83. The zero-order valence-corrected chi connectivity index (χ0v) is 16.8. The number of nitrogens with zero attached hydrogens (tertiary/aromatic N) is 4. The van der Waals surface area contributed by atoms with E-state index >= 15 is 0 Å². The van der Waals surface area contributed by atoms with Gasteiger partial charge in [0.05, 0.1) is 22.6 Å². The van der Waals surface area contributed by atoms with Gasteiger partial charge in [0.25, 0.3) is 5.56 Å². The molecule has 4 rings (SSSR count). The van der Waals surface area contributed by atoms with Gasteiger partial charge in [0, 0.05) is 44.1 Å². The second-order valence-electron chi connectivity index (χ2n) is 7.19. The molecule has 0 spiro atoms. The number of nitrogens with one attached hydrogen (secondary N) is 1. The molecule has 2 aromatic heterocycles. The van der Waals surface area contributed by atoms with Gasteiger partial charge in [0.2, 0.25) is 15.0 Å². The van der Waals surface area contributed by atoms with Crippen LogP contribution < -0.4 is 5.56 Å². The lowest BCUT2D eigenvalue weighted by Gasteiger charge is -2.27. The SMILES string of the molecule is Cc1nn(-c2ccc(F)cc2)cc1CN1CCc2nc(S(C)(=O)=O)[nH]c(=O)c2C1. The number of rotatable bonds is 4. The topological polar surface area (TPSA) is 101 Å². The molecule has 0 amide bonds. The molecule has 0 saturated heterocycles. The van der Waals surface area contributed by atoms with Crippen LogP contribution in [0.2, 0.25) is 0 Å². The molecule has 152 valence electrons. The summed E-state index contributed by atoms with van der Waals surface area (Å²) in [5.41, 5.74) is 3.21. The van der Waals surface area contributed by atoms with Crippen LogP contribution in [-0.4, -0.2) is 45.9 Å². The molecule has 1 aliphatic rings. The van der Waals surface area contributed by atoms with Crippen molar-refractivity contribution in [2.45, 2.75) is 31.6 Å². The van der Waals surface area contributed by atoms with E-state index in [9.17, 15) is 17.6 Å². The summed E-state index contributed by atoms with van der Waals surface area (Å²) in [5, 5.41) is 4.21. The molecule has 0 bridgehead atoms. The number of sulfone groups is 1. The van der Waals surface area contributed by atoms with Crippen molar-refractivity contribution in [3.63, 3.8) is 0 Å². The summed E-state index contributed by atoms with van der Waals surface area (Å²) in [5.74, 6) is -0.303. The summed E-state index contributed by atoms with van der Waals surface area (Å²) < 4.78 is 38.2. The molecule has 0 aliphatic carbocycles. The Hall–Kier alpha value is -2.85. The fourth-order valence-electron chi connectivity index (χ4n) is 3.39. The lowest BCUT2D eigenvalue weighted by Crippen LogP contribution is -2.36. The Morgan fingerprint density at radius 2 is 1.97 bits per heavy atom. The Bertz CT molecular complexity index is 1230. The molecule has 8 nitrogen and oxygen atoms in total. The second-order valence-corrected chi connectivity index (χ2v) is 9.12. The summed E-state index contributed by atoms with van der Waals surface area (Å²) in [6.07, 6.45) is 3.41. The molecule has 0 saturated carbocycles. The molecule has 0 fully saturated rings. The maximum Gasteiger partial charge on any atom is 0.256 e. The van der Waals surface area contributed by atoms with Crippen molar-refractivity contribution in [1.29, 1.82) is 0 Å². The molecule has 0 atom stereocenters. The van der Waals surface area contributed by atoms with Crippen LogP contribution in [0, 0.1) is 12.7 Å². The quantitative estimate of drug-likeness (QED) is 0.644. The first-order valence-electron chi connectivity index (χ1n) is 9.06. The molecule has 1 aliphatic heterocycles. The molecule has 1 N–H and O–H groups in total. The van der Waals surface area contributed by atoms with Gasteiger partial charge in [-0.25, -0.2) is 22.5 Å². The van der Waals surface area contributed by atoms with Gasteiger partial charge in [-0.2, -0.15) is 5.10 Å². The lowest BCUT2D eigenvalue weighted by molar-refractivity contribution is 0.240. The predicted molar refractivity (Wildman–Crippen MR) is 104 cm³/mol. The minimum absolute atomic E-state index is 0.286. The first kappa shape index (κ1) is 19.5. The highest BCUT2D eigenvalue weighted by atomic mass is 32.2. The standard InChI is InChI=1S/C19H20FN5O3S/c1-12-13(10-25(23-12)15-5-3-14(20)4-6-15)9-24-8-7-17-16(11-24)18(26)22-19(21-17)29(2,27)28/h3-6,10H,7-9,11H2,1-2H3,(H,21,22,26).